The van der Waals surface area contributed by atoms with Crippen LogP contribution in [-0.4, -0.2) is 42.2 Å². The van der Waals surface area contributed by atoms with Gasteiger partial charge in [-0.2, -0.15) is 0 Å². The van der Waals surface area contributed by atoms with Crippen molar-refractivity contribution in [2.24, 2.45) is 0 Å². The summed E-state index contributed by atoms with van der Waals surface area (Å²) in [7, 11) is 0. The standard InChI is InChI=1S/C15H25N3OS/c1-4-13(18-7-5-16-6-8-18)15-17-12-9-10(2)19-11(3)14(12)20-15/h10-11,13,16H,4-9H2,1-3H3. The molecule has 0 aliphatic carbocycles. The Hall–Kier alpha value is -0.490. The first kappa shape index (κ1) is 14.4. The molecule has 0 saturated carbocycles. The average Bonchev–Trinajstić information content (AvgIpc) is 2.84. The molecule has 0 amide bonds. The maximum absolute atomic E-state index is 5.93. The summed E-state index contributed by atoms with van der Waals surface area (Å²) in [6.07, 6.45) is 2.61. The molecular weight excluding hydrogens is 270 g/mol. The van der Waals surface area contributed by atoms with Crippen LogP contribution in [0.15, 0.2) is 0 Å². The van der Waals surface area contributed by atoms with E-state index < -0.39 is 0 Å². The molecule has 0 radical (unpaired) electrons. The molecule has 3 atom stereocenters. The van der Waals surface area contributed by atoms with Crippen LogP contribution in [0.4, 0.5) is 0 Å². The number of hydrogen-bond donors (Lipinski definition) is 1. The third kappa shape index (κ3) is 2.77. The van der Waals surface area contributed by atoms with Crippen molar-refractivity contribution >= 4 is 11.3 Å². The second-order valence-electron chi connectivity index (χ2n) is 5.87. The normalized spacial score (nSPS) is 29.1. The molecule has 3 heterocycles. The molecule has 2 aliphatic rings. The van der Waals surface area contributed by atoms with E-state index >= 15 is 0 Å². The molecule has 112 valence electrons. The fourth-order valence-electron chi connectivity index (χ4n) is 3.30. The molecule has 20 heavy (non-hydrogen) atoms. The van der Waals surface area contributed by atoms with E-state index in [0.29, 0.717) is 12.1 Å². The minimum Gasteiger partial charge on any atom is -0.370 e. The van der Waals surface area contributed by atoms with E-state index in [-0.39, 0.29) is 6.10 Å². The van der Waals surface area contributed by atoms with Crippen molar-refractivity contribution in [1.29, 1.82) is 0 Å². The van der Waals surface area contributed by atoms with Crippen LogP contribution in [0.3, 0.4) is 0 Å². The number of nitrogens with zero attached hydrogens (tertiary/aromatic N) is 2. The predicted octanol–water partition coefficient (Wildman–Crippen LogP) is 2.52. The zero-order valence-electron chi connectivity index (χ0n) is 12.7. The Kier molecular flexibility index (Phi) is 4.40. The lowest BCUT2D eigenvalue weighted by Gasteiger charge is -2.33. The smallest absolute Gasteiger partial charge is 0.110 e. The van der Waals surface area contributed by atoms with Crippen molar-refractivity contribution in [2.45, 2.75) is 51.9 Å². The summed E-state index contributed by atoms with van der Waals surface area (Å²) in [5.74, 6) is 0. The molecular formula is C15H25N3OS. The van der Waals surface area contributed by atoms with Crippen molar-refractivity contribution < 1.29 is 4.74 Å². The second kappa shape index (κ2) is 6.10. The Morgan fingerprint density at radius 1 is 1.40 bits per heavy atom. The van der Waals surface area contributed by atoms with E-state index in [9.17, 15) is 0 Å². The molecule has 5 heteroatoms. The number of thiazole rings is 1. The predicted molar refractivity (Wildman–Crippen MR) is 82.3 cm³/mol. The first-order valence-electron chi connectivity index (χ1n) is 7.78. The second-order valence-corrected chi connectivity index (χ2v) is 6.93. The highest BCUT2D eigenvalue weighted by Crippen LogP contribution is 2.38. The minimum atomic E-state index is 0.209. The zero-order valence-corrected chi connectivity index (χ0v) is 13.5. The fraction of sp³-hybridized carbons (Fsp3) is 0.800. The molecule has 1 aromatic heterocycles. The summed E-state index contributed by atoms with van der Waals surface area (Å²) in [5.41, 5.74) is 1.28. The Morgan fingerprint density at radius 2 is 2.15 bits per heavy atom. The molecule has 0 aromatic carbocycles. The van der Waals surface area contributed by atoms with E-state index in [1.165, 1.54) is 15.6 Å². The molecule has 2 aliphatic heterocycles. The number of aromatic nitrogens is 1. The highest BCUT2D eigenvalue weighted by molar-refractivity contribution is 7.11. The van der Waals surface area contributed by atoms with Crippen LogP contribution in [-0.2, 0) is 11.2 Å². The van der Waals surface area contributed by atoms with Gasteiger partial charge in [-0.3, -0.25) is 4.90 Å². The molecule has 4 nitrogen and oxygen atoms in total. The molecule has 3 unspecified atom stereocenters. The number of piperazine rings is 1. The van der Waals surface area contributed by atoms with Crippen LogP contribution < -0.4 is 5.32 Å². The summed E-state index contributed by atoms with van der Waals surface area (Å²) in [6, 6.07) is 0.482. The van der Waals surface area contributed by atoms with Gasteiger partial charge in [0.05, 0.1) is 28.8 Å². The van der Waals surface area contributed by atoms with Gasteiger partial charge in [-0.15, -0.1) is 11.3 Å². The van der Waals surface area contributed by atoms with E-state index in [2.05, 4.69) is 31.0 Å². The van der Waals surface area contributed by atoms with Gasteiger partial charge in [-0.1, -0.05) is 6.92 Å². The monoisotopic (exact) mass is 295 g/mol. The van der Waals surface area contributed by atoms with E-state index in [0.717, 1.165) is 39.0 Å². The van der Waals surface area contributed by atoms with E-state index in [1.54, 1.807) is 0 Å². The fourth-order valence-corrected chi connectivity index (χ4v) is 4.60. The average molecular weight is 295 g/mol. The lowest BCUT2D eigenvalue weighted by Crippen LogP contribution is -2.45. The van der Waals surface area contributed by atoms with Gasteiger partial charge in [0.2, 0.25) is 0 Å². The Balaban J connectivity index is 1.83. The van der Waals surface area contributed by atoms with Crippen molar-refractivity contribution in [3.8, 4) is 0 Å². The number of fused-ring (bicyclic) bond motifs is 1. The number of hydrogen-bond acceptors (Lipinski definition) is 5. The lowest BCUT2D eigenvalue weighted by atomic mass is 10.1. The van der Waals surface area contributed by atoms with Crippen LogP contribution in [0.5, 0.6) is 0 Å². The van der Waals surface area contributed by atoms with Gasteiger partial charge in [0.1, 0.15) is 5.01 Å². The van der Waals surface area contributed by atoms with Gasteiger partial charge in [-0.05, 0) is 20.3 Å². The minimum absolute atomic E-state index is 0.209. The largest absolute Gasteiger partial charge is 0.370 e. The van der Waals surface area contributed by atoms with Crippen LogP contribution in [0.1, 0.15) is 54.9 Å². The maximum Gasteiger partial charge on any atom is 0.110 e. The van der Waals surface area contributed by atoms with E-state index in [4.69, 9.17) is 9.72 Å². The molecule has 0 bridgehead atoms. The molecule has 3 rings (SSSR count). The molecule has 0 spiro atoms. The van der Waals surface area contributed by atoms with Gasteiger partial charge >= 0.3 is 0 Å². The third-order valence-corrected chi connectivity index (χ3v) is 5.65. The van der Waals surface area contributed by atoms with Gasteiger partial charge in [0, 0.05) is 32.6 Å². The molecule has 1 aromatic rings. The van der Waals surface area contributed by atoms with Crippen LogP contribution in [0.25, 0.3) is 0 Å². The number of ether oxygens (including phenoxy) is 1. The van der Waals surface area contributed by atoms with Gasteiger partial charge < -0.3 is 10.1 Å². The Labute approximate surface area is 125 Å². The topological polar surface area (TPSA) is 37.4 Å². The van der Waals surface area contributed by atoms with Crippen LogP contribution in [0, 0.1) is 0 Å². The SMILES string of the molecule is CCC(c1nc2c(s1)C(C)OC(C)C2)N1CCNCC1. The highest BCUT2D eigenvalue weighted by Gasteiger charge is 2.30. The highest BCUT2D eigenvalue weighted by atomic mass is 32.1. The van der Waals surface area contributed by atoms with Crippen LogP contribution >= 0.6 is 11.3 Å². The molecule has 1 N–H and O–H groups in total. The third-order valence-electron chi connectivity index (χ3n) is 4.29. The first-order valence-corrected chi connectivity index (χ1v) is 8.60. The first-order chi connectivity index (χ1) is 9.69. The number of rotatable bonds is 3. The van der Waals surface area contributed by atoms with Gasteiger partial charge in [0.25, 0.3) is 0 Å². The summed E-state index contributed by atoms with van der Waals surface area (Å²) >= 11 is 1.87. The Bertz CT molecular complexity index is 456. The van der Waals surface area contributed by atoms with Crippen molar-refractivity contribution in [3.63, 3.8) is 0 Å². The van der Waals surface area contributed by atoms with Crippen molar-refractivity contribution in [3.05, 3.63) is 15.6 Å². The summed E-state index contributed by atoms with van der Waals surface area (Å²) in [4.78, 5) is 8.91. The Morgan fingerprint density at radius 3 is 2.85 bits per heavy atom. The summed E-state index contributed by atoms with van der Waals surface area (Å²) < 4.78 is 5.93. The van der Waals surface area contributed by atoms with Crippen molar-refractivity contribution in [1.82, 2.24) is 15.2 Å². The van der Waals surface area contributed by atoms with Gasteiger partial charge in [0.15, 0.2) is 0 Å². The maximum atomic E-state index is 5.93. The molecule has 1 saturated heterocycles. The van der Waals surface area contributed by atoms with Crippen molar-refractivity contribution in [2.75, 3.05) is 26.2 Å². The lowest BCUT2D eigenvalue weighted by molar-refractivity contribution is -0.00320. The molecule has 1 fully saturated rings. The number of nitrogens with one attached hydrogen (secondary N) is 1. The van der Waals surface area contributed by atoms with E-state index in [1.807, 2.05) is 11.3 Å². The zero-order chi connectivity index (χ0) is 14.1. The van der Waals surface area contributed by atoms with Gasteiger partial charge in [-0.25, -0.2) is 4.98 Å². The summed E-state index contributed by atoms with van der Waals surface area (Å²) in [6.45, 7) is 11.0. The summed E-state index contributed by atoms with van der Waals surface area (Å²) in [5, 5.41) is 4.72. The van der Waals surface area contributed by atoms with Crippen LogP contribution in [0.2, 0.25) is 0 Å². The quantitative estimate of drug-likeness (QED) is 0.930.